The maximum atomic E-state index is 12.3. The highest BCUT2D eigenvalue weighted by Crippen LogP contribution is 2.27. The van der Waals surface area contributed by atoms with Crippen molar-refractivity contribution in [3.05, 3.63) is 23.8 Å². The van der Waals surface area contributed by atoms with Gasteiger partial charge in [-0.25, -0.2) is 0 Å². The van der Waals surface area contributed by atoms with Crippen LogP contribution in [0.15, 0.2) is 18.2 Å². The predicted molar refractivity (Wildman–Crippen MR) is 93.0 cm³/mol. The van der Waals surface area contributed by atoms with Crippen molar-refractivity contribution in [1.82, 2.24) is 10.2 Å². The van der Waals surface area contributed by atoms with Gasteiger partial charge in [-0.2, -0.15) is 0 Å². The number of carbonyl (C=O) groups excluding carboxylic acids is 1. The molecule has 2 rings (SSSR count). The first kappa shape index (κ1) is 19.1. The van der Waals surface area contributed by atoms with Crippen molar-refractivity contribution in [3.8, 4) is 11.5 Å². The average molecular weight is 350 g/mol. The lowest BCUT2D eigenvalue weighted by molar-refractivity contribution is -0.141. The molecule has 25 heavy (non-hydrogen) atoms. The Bertz CT molecular complexity index is 619. The van der Waals surface area contributed by atoms with Crippen LogP contribution in [0.4, 0.5) is 0 Å². The molecule has 1 aliphatic heterocycles. The summed E-state index contributed by atoms with van der Waals surface area (Å²) in [6.07, 6.45) is 1.27. The lowest BCUT2D eigenvalue weighted by atomic mass is 10.1. The second kappa shape index (κ2) is 8.71. The topological polar surface area (TPSA) is 88.1 Å². The van der Waals surface area contributed by atoms with Gasteiger partial charge in [0.15, 0.2) is 11.5 Å². The number of hydrogen-bond donors (Lipinski definition) is 2. The minimum Gasteiger partial charge on any atom is -0.493 e. The molecule has 7 nitrogen and oxygen atoms in total. The van der Waals surface area contributed by atoms with E-state index in [9.17, 15) is 9.59 Å². The summed E-state index contributed by atoms with van der Waals surface area (Å²) in [4.78, 5) is 25.2. The molecule has 1 saturated heterocycles. The summed E-state index contributed by atoms with van der Waals surface area (Å²) in [5.41, 5.74) is 1.04. The molecule has 0 spiro atoms. The Balaban J connectivity index is 1.81. The van der Waals surface area contributed by atoms with Crippen molar-refractivity contribution in [3.63, 3.8) is 0 Å². The Kier molecular flexibility index (Phi) is 6.64. The average Bonchev–Trinajstić information content (AvgIpc) is 3.11. The summed E-state index contributed by atoms with van der Waals surface area (Å²) >= 11 is 0. The first-order chi connectivity index (χ1) is 12.0. The zero-order valence-electron chi connectivity index (χ0n) is 14.9. The van der Waals surface area contributed by atoms with E-state index in [2.05, 4.69) is 5.32 Å². The molecule has 1 amide bonds. The number of carboxylic acids is 1. The van der Waals surface area contributed by atoms with Crippen molar-refractivity contribution in [1.29, 1.82) is 0 Å². The molecular weight excluding hydrogens is 324 g/mol. The van der Waals surface area contributed by atoms with E-state index in [4.69, 9.17) is 14.6 Å². The zero-order valence-corrected chi connectivity index (χ0v) is 14.9. The van der Waals surface area contributed by atoms with E-state index >= 15 is 0 Å². The third-order valence-electron chi connectivity index (χ3n) is 4.66. The monoisotopic (exact) mass is 350 g/mol. The zero-order chi connectivity index (χ0) is 18.4. The molecule has 2 N–H and O–H groups in total. The maximum absolute atomic E-state index is 12.3. The summed E-state index contributed by atoms with van der Waals surface area (Å²) < 4.78 is 10.5. The molecule has 1 heterocycles. The van der Waals surface area contributed by atoms with Gasteiger partial charge in [0.1, 0.15) is 0 Å². The van der Waals surface area contributed by atoms with Gasteiger partial charge in [-0.15, -0.1) is 0 Å². The van der Waals surface area contributed by atoms with E-state index in [0.717, 1.165) is 5.56 Å². The second-order valence-corrected chi connectivity index (χ2v) is 6.23. The highest BCUT2D eigenvalue weighted by atomic mass is 16.5. The number of carboxylic acid groups (broad SMARTS) is 1. The van der Waals surface area contributed by atoms with E-state index in [1.54, 1.807) is 14.2 Å². The molecule has 1 aromatic carbocycles. The van der Waals surface area contributed by atoms with Gasteiger partial charge >= 0.3 is 5.97 Å². The van der Waals surface area contributed by atoms with Crippen LogP contribution in [-0.4, -0.2) is 61.8 Å². The fourth-order valence-electron chi connectivity index (χ4n) is 3.02. The Labute approximate surface area is 147 Å². The largest absolute Gasteiger partial charge is 0.493 e. The molecule has 0 radical (unpaired) electrons. The Morgan fingerprint density at radius 2 is 2.04 bits per heavy atom. The van der Waals surface area contributed by atoms with Gasteiger partial charge in [-0.1, -0.05) is 6.07 Å². The summed E-state index contributed by atoms with van der Waals surface area (Å²) in [5, 5.41) is 12.0. The molecule has 1 aromatic rings. The SMILES string of the molecule is COc1ccc(CCNC(=O)C(C)N2CCC(C(=O)O)C2)cc1OC. The molecule has 1 aliphatic rings. The lowest BCUT2D eigenvalue weighted by Gasteiger charge is -2.23. The Morgan fingerprint density at radius 3 is 2.64 bits per heavy atom. The molecule has 2 atom stereocenters. The number of nitrogens with zero attached hydrogens (tertiary/aromatic N) is 1. The number of aliphatic carboxylic acids is 1. The van der Waals surface area contributed by atoms with Crippen molar-refractivity contribution < 1.29 is 24.2 Å². The van der Waals surface area contributed by atoms with Gasteiger partial charge in [0, 0.05) is 13.1 Å². The molecule has 2 unspecified atom stereocenters. The number of benzene rings is 1. The van der Waals surface area contributed by atoms with Gasteiger partial charge in [0.25, 0.3) is 0 Å². The van der Waals surface area contributed by atoms with Crippen molar-refractivity contribution in [2.75, 3.05) is 33.9 Å². The third-order valence-corrected chi connectivity index (χ3v) is 4.66. The molecular formula is C18H26N2O5. The molecule has 0 bridgehead atoms. The van der Waals surface area contributed by atoms with E-state index in [-0.39, 0.29) is 17.9 Å². The Morgan fingerprint density at radius 1 is 1.32 bits per heavy atom. The first-order valence-corrected chi connectivity index (χ1v) is 8.41. The minimum atomic E-state index is -0.788. The van der Waals surface area contributed by atoms with Crippen molar-refractivity contribution in [2.24, 2.45) is 5.92 Å². The standard InChI is InChI=1S/C18H26N2O5/c1-12(20-9-7-14(11-20)18(22)23)17(21)19-8-6-13-4-5-15(24-2)16(10-13)25-3/h4-5,10,12,14H,6-9,11H2,1-3H3,(H,19,21)(H,22,23). The smallest absolute Gasteiger partial charge is 0.307 e. The quantitative estimate of drug-likeness (QED) is 0.731. The maximum Gasteiger partial charge on any atom is 0.307 e. The van der Waals surface area contributed by atoms with E-state index in [0.29, 0.717) is 44.0 Å². The van der Waals surface area contributed by atoms with Crippen LogP contribution in [0.3, 0.4) is 0 Å². The van der Waals surface area contributed by atoms with E-state index in [1.165, 1.54) is 0 Å². The lowest BCUT2D eigenvalue weighted by Crippen LogP contribution is -2.44. The summed E-state index contributed by atoms with van der Waals surface area (Å²) in [7, 11) is 3.18. The minimum absolute atomic E-state index is 0.0773. The van der Waals surface area contributed by atoms with Crippen LogP contribution < -0.4 is 14.8 Å². The number of amides is 1. The molecule has 138 valence electrons. The normalized spacial score (nSPS) is 18.6. The van der Waals surface area contributed by atoms with Crippen molar-refractivity contribution in [2.45, 2.75) is 25.8 Å². The summed E-state index contributed by atoms with van der Waals surface area (Å²) in [5.74, 6) is 0.0968. The van der Waals surface area contributed by atoms with Gasteiger partial charge in [-0.3, -0.25) is 14.5 Å². The van der Waals surface area contributed by atoms with Crippen LogP contribution in [0, 0.1) is 5.92 Å². The number of nitrogens with one attached hydrogen (secondary N) is 1. The van der Waals surface area contributed by atoms with Crippen LogP contribution in [0.2, 0.25) is 0 Å². The van der Waals surface area contributed by atoms with Crippen LogP contribution in [-0.2, 0) is 16.0 Å². The third kappa shape index (κ3) is 4.85. The van der Waals surface area contributed by atoms with Crippen LogP contribution in [0.25, 0.3) is 0 Å². The fourth-order valence-corrected chi connectivity index (χ4v) is 3.02. The van der Waals surface area contributed by atoms with Gasteiger partial charge in [-0.05, 0) is 44.0 Å². The van der Waals surface area contributed by atoms with E-state index in [1.807, 2.05) is 30.0 Å². The van der Waals surface area contributed by atoms with Gasteiger partial charge in [0.2, 0.25) is 5.91 Å². The molecule has 0 saturated carbocycles. The number of rotatable bonds is 8. The highest BCUT2D eigenvalue weighted by Gasteiger charge is 2.32. The summed E-state index contributed by atoms with van der Waals surface area (Å²) in [6, 6.07) is 5.35. The number of methoxy groups -OCH3 is 2. The first-order valence-electron chi connectivity index (χ1n) is 8.41. The molecule has 1 fully saturated rings. The van der Waals surface area contributed by atoms with E-state index < -0.39 is 5.97 Å². The predicted octanol–water partition coefficient (Wildman–Crippen LogP) is 1.16. The molecule has 7 heteroatoms. The number of likely N-dealkylation sites (tertiary alicyclic amines) is 1. The van der Waals surface area contributed by atoms with Crippen LogP contribution in [0.5, 0.6) is 11.5 Å². The van der Waals surface area contributed by atoms with Crippen LogP contribution in [0.1, 0.15) is 18.9 Å². The molecule has 0 aromatic heterocycles. The molecule has 0 aliphatic carbocycles. The van der Waals surface area contributed by atoms with Gasteiger partial charge < -0.3 is 19.9 Å². The van der Waals surface area contributed by atoms with Gasteiger partial charge in [0.05, 0.1) is 26.2 Å². The fraction of sp³-hybridized carbons (Fsp3) is 0.556. The summed E-state index contributed by atoms with van der Waals surface area (Å²) in [6.45, 7) is 3.39. The number of ether oxygens (including phenoxy) is 2. The number of carbonyl (C=O) groups is 2. The highest BCUT2D eigenvalue weighted by molar-refractivity contribution is 5.81. The van der Waals surface area contributed by atoms with Crippen LogP contribution >= 0.6 is 0 Å². The number of hydrogen-bond acceptors (Lipinski definition) is 5. The Hall–Kier alpha value is -2.28. The van der Waals surface area contributed by atoms with Crippen molar-refractivity contribution >= 4 is 11.9 Å². The second-order valence-electron chi connectivity index (χ2n) is 6.23.